The molecule has 56 heavy (non-hydrogen) atoms. The summed E-state index contributed by atoms with van der Waals surface area (Å²) in [6, 6.07) is 5.42. The van der Waals surface area contributed by atoms with Crippen LogP contribution in [-0.2, 0) is 35.6 Å². The summed E-state index contributed by atoms with van der Waals surface area (Å²) in [6.07, 6.45) is 11.7. The van der Waals surface area contributed by atoms with Crippen molar-refractivity contribution in [3.05, 3.63) is 47.6 Å². The Balaban J connectivity index is 1.12. The van der Waals surface area contributed by atoms with Gasteiger partial charge in [0.05, 0.1) is 23.0 Å². The minimum Gasteiger partial charge on any atom is -0.487 e. The highest BCUT2D eigenvalue weighted by molar-refractivity contribution is 7.91. The molecule has 5 fully saturated rings. The molecule has 7 atom stereocenters. The summed E-state index contributed by atoms with van der Waals surface area (Å²) in [5.74, 6) is -1.68. The lowest BCUT2D eigenvalue weighted by atomic mass is 9.96. The standard InChI is InChI=1S/C41H52ClN5O8S/c1-2-27-22-41(27,39(50)46-56(52,53)30-16-17-30)45-37(48)33-21-29-23-47(33)38(49)36(25-10-6-7-11-25)44-40(51)55-34-14-8-12-24(34)9-4-3-5-13-32-35(54-29)20-26-19-28(42)15-18-31(26)43-32/h2,15,18-20,24-25,27,29-30,33-34,36H,1,3-14,16-17,21-23H2,(H,44,51)(H,45,48)(H,46,50)/t24-,27-,29-,33+,34-,36?,41-/m1/s1. The van der Waals surface area contributed by atoms with Crippen LogP contribution >= 0.6 is 11.6 Å². The van der Waals surface area contributed by atoms with Gasteiger partial charge in [-0.2, -0.15) is 0 Å². The van der Waals surface area contributed by atoms with Gasteiger partial charge in [0.2, 0.25) is 21.8 Å². The lowest BCUT2D eigenvalue weighted by Crippen LogP contribution is -2.59. The van der Waals surface area contributed by atoms with Crippen LogP contribution in [0, 0.1) is 17.8 Å². The van der Waals surface area contributed by atoms with E-state index in [1.807, 2.05) is 18.2 Å². The van der Waals surface area contributed by atoms with E-state index < -0.39 is 68.7 Å². The molecule has 1 unspecified atom stereocenters. The molecule has 1 saturated heterocycles. The average Bonchev–Trinajstić information content (AvgIpc) is 3.96. The monoisotopic (exact) mass is 809 g/mol. The molecule has 4 aliphatic carbocycles. The first-order chi connectivity index (χ1) is 26.9. The number of aryl methyl sites for hydroxylation is 1. The molecule has 8 rings (SSSR count). The van der Waals surface area contributed by atoms with E-state index >= 15 is 0 Å². The molecule has 1 aromatic carbocycles. The lowest BCUT2D eigenvalue weighted by Gasteiger charge is -2.32. The Labute approximate surface area is 333 Å². The molecular formula is C41H52ClN5O8S. The van der Waals surface area contributed by atoms with Crippen LogP contribution in [0.1, 0.15) is 102 Å². The number of alkyl carbamates (subject to hydrolysis) is 1. The van der Waals surface area contributed by atoms with Gasteiger partial charge >= 0.3 is 6.09 Å². The van der Waals surface area contributed by atoms with Crippen molar-refractivity contribution >= 4 is 56.3 Å². The molecule has 0 radical (unpaired) electrons. The number of amides is 4. The van der Waals surface area contributed by atoms with Crippen molar-refractivity contribution in [1.82, 2.24) is 25.2 Å². The fourth-order valence-corrected chi connectivity index (χ4v) is 11.1. The maximum absolute atomic E-state index is 14.9. The molecule has 4 amide bonds. The molecule has 2 bridgehead atoms. The number of halogens is 1. The minimum atomic E-state index is -3.89. The van der Waals surface area contributed by atoms with Gasteiger partial charge in [0, 0.05) is 22.7 Å². The SMILES string of the molecule is C=C[C@@H]1C[C@]1(NC(=O)[C@@H]1C[C@@H]2CN1C(=O)C(C1CCCC1)NC(=O)O[C@@H]1CCC[C@H]1CCCCCc1nc3ccc(Cl)cc3cc1O2)C(=O)NS(=O)(=O)C1CC1. The number of aromatic nitrogens is 1. The van der Waals surface area contributed by atoms with E-state index in [1.54, 1.807) is 6.07 Å². The summed E-state index contributed by atoms with van der Waals surface area (Å²) in [5.41, 5.74) is 0.0401. The molecule has 1 aromatic heterocycles. The molecule has 6 aliphatic rings. The summed E-state index contributed by atoms with van der Waals surface area (Å²) in [6.45, 7) is 3.85. The van der Waals surface area contributed by atoms with Gasteiger partial charge in [0.1, 0.15) is 35.6 Å². The van der Waals surface area contributed by atoms with Gasteiger partial charge in [0.15, 0.2) is 0 Å². The second kappa shape index (κ2) is 15.8. The molecule has 302 valence electrons. The maximum atomic E-state index is 14.9. The highest BCUT2D eigenvalue weighted by Gasteiger charge is 2.62. The van der Waals surface area contributed by atoms with Crippen molar-refractivity contribution in [2.24, 2.45) is 17.8 Å². The number of carbonyl (C=O) groups is 4. The van der Waals surface area contributed by atoms with Gasteiger partial charge in [0.25, 0.3) is 5.91 Å². The van der Waals surface area contributed by atoms with E-state index in [9.17, 15) is 27.6 Å². The van der Waals surface area contributed by atoms with Gasteiger partial charge in [-0.25, -0.2) is 18.2 Å². The summed E-state index contributed by atoms with van der Waals surface area (Å²) in [4.78, 5) is 63.0. The van der Waals surface area contributed by atoms with Crippen LogP contribution in [0.4, 0.5) is 4.79 Å². The lowest BCUT2D eigenvalue weighted by molar-refractivity contribution is -0.142. The Morgan fingerprint density at radius 3 is 2.46 bits per heavy atom. The number of benzene rings is 1. The van der Waals surface area contributed by atoms with Crippen LogP contribution in [0.25, 0.3) is 10.9 Å². The first kappa shape index (κ1) is 38.9. The van der Waals surface area contributed by atoms with Crippen molar-refractivity contribution < 1.29 is 37.1 Å². The van der Waals surface area contributed by atoms with Gasteiger partial charge < -0.3 is 25.0 Å². The van der Waals surface area contributed by atoms with Crippen LogP contribution in [0.3, 0.4) is 0 Å². The summed E-state index contributed by atoms with van der Waals surface area (Å²) in [5, 5.41) is 6.55. The highest BCUT2D eigenvalue weighted by Crippen LogP contribution is 2.46. The zero-order valence-corrected chi connectivity index (χ0v) is 33.3. The van der Waals surface area contributed by atoms with Crippen LogP contribution in [0.15, 0.2) is 36.9 Å². The van der Waals surface area contributed by atoms with E-state index in [0.29, 0.717) is 30.0 Å². The molecule has 4 saturated carbocycles. The quantitative estimate of drug-likeness (QED) is 0.307. The number of nitrogens with one attached hydrogen (secondary N) is 3. The van der Waals surface area contributed by atoms with Crippen LogP contribution in [0.2, 0.25) is 5.02 Å². The topological polar surface area (TPSA) is 173 Å². The van der Waals surface area contributed by atoms with Crippen LogP contribution in [-0.4, -0.2) is 83.7 Å². The number of pyridine rings is 1. The molecule has 3 N–H and O–H groups in total. The van der Waals surface area contributed by atoms with Gasteiger partial charge in [-0.15, -0.1) is 6.58 Å². The zero-order valence-electron chi connectivity index (χ0n) is 31.7. The fourth-order valence-electron chi connectivity index (χ4n) is 9.54. The molecule has 2 aliphatic heterocycles. The summed E-state index contributed by atoms with van der Waals surface area (Å²) < 4.78 is 40.5. The van der Waals surface area contributed by atoms with Crippen molar-refractivity contribution in [2.75, 3.05) is 6.54 Å². The van der Waals surface area contributed by atoms with E-state index in [1.165, 1.54) is 11.0 Å². The molecule has 3 heterocycles. The predicted octanol–water partition coefficient (Wildman–Crippen LogP) is 5.48. The summed E-state index contributed by atoms with van der Waals surface area (Å²) >= 11 is 6.37. The highest BCUT2D eigenvalue weighted by atomic mass is 35.5. The van der Waals surface area contributed by atoms with Crippen LogP contribution in [0.5, 0.6) is 5.75 Å². The number of hydrogen-bond acceptors (Lipinski definition) is 9. The van der Waals surface area contributed by atoms with E-state index in [0.717, 1.165) is 87.2 Å². The molecule has 0 spiro atoms. The van der Waals surface area contributed by atoms with Crippen molar-refractivity contribution in [2.45, 2.75) is 138 Å². The number of fused-ring (bicyclic) bond motifs is 5. The number of sulfonamides is 1. The van der Waals surface area contributed by atoms with E-state index in [4.69, 9.17) is 26.1 Å². The number of nitrogens with zero attached hydrogens (tertiary/aromatic N) is 2. The second-order valence-corrected chi connectivity index (χ2v) is 19.2. The average molecular weight is 810 g/mol. The zero-order chi connectivity index (χ0) is 39.2. The molecular weight excluding hydrogens is 758 g/mol. The molecule has 13 nitrogen and oxygen atoms in total. The Bertz CT molecular complexity index is 2000. The third-order valence-corrected chi connectivity index (χ3v) is 15.0. The second-order valence-electron chi connectivity index (χ2n) is 16.8. The Morgan fingerprint density at radius 1 is 0.964 bits per heavy atom. The fraction of sp³-hybridized carbons (Fsp3) is 0.634. The third-order valence-electron chi connectivity index (χ3n) is 13.0. The Morgan fingerprint density at radius 2 is 1.71 bits per heavy atom. The van der Waals surface area contributed by atoms with Crippen LogP contribution < -0.4 is 20.1 Å². The van der Waals surface area contributed by atoms with Crippen molar-refractivity contribution in [1.29, 1.82) is 0 Å². The number of carbonyl (C=O) groups excluding carboxylic acids is 4. The van der Waals surface area contributed by atoms with Crippen molar-refractivity contribution in [3.63, 3.8) is 0 Å². The maximum Gasteiger partial charge on any atom is 0.408 e. The normalized spacial score (nSPS) is 31.6. The minimum absolute atomic E-state index is 0.0364. The predicted molar refractivity (Wildman–Crippen MR) is 209 cm³/mol. The molecule has 15 heteroatoms. The molecule has 2 aromatic rings. The largest absolute Gasteiger partial charge is 0.487 e. The van der Waals surface area contributed by atoms with E-state index in [-0.39, 0.29) is 37.3 Å². The number of hydrogen-bond donors (Lipinski definition) is 3. The first-order valence-corrected chi connectivity index (χ1v) is 22.4. The van der Waals surface area contributed by atoms with Gasteiger partial charge in [-0.05, 0) is 107 Å². The number of rotatable bonds is 7. The summed E-state index contributed by atoms with van der Waals surface area (Å²) in [7, 11) is -3.89. The number of ether oxygens (including phenoxy) is 2. The Hall–Kier alpha value is -3.91. The van der Waals surface area contributed by atoms with Gasteiger partial charge in [-0.3, -0.25) is 19.1 Å². The Kier molecular flexibility index (Phi) is 11.0. The first-order valence-electron chi connectivity index (χ1n) is 20.5. The van der Waals surface area contributed by atoms with Crippen molar-refractivity contribution in [3.8, 4) is 5.75 Å². The third kappa shape index (κ3) is 8.10. The smallest absolute Gasteiger partial charge is 0.408 e. The van der Waals surface area contributed by atoms with Gasteiger partial charge in [-0.1, -0.05) is 43.4 Å². The van der Waals surface area contributed by atoms with E-state index in [2.05, 4.69) is 21.9 Å².